The number of hydrogen-bond donors (Lipinski definition) is 2. The number of ether oxygens (including phenoxy) is 1. The van der Waals surface area contributed by atoms with E-state index in [1.165, 1.54) is 5.56 Å². The summed E-state index contributed by atoms with van der Waals surface area (Å²) >= 11 is 0. The lowest BCUT2D eigenvalue weighted by atomic mass is 9.87. The first-order chi connectivity index (χ1) is 16.1. The molecule has 0 spiro atoms. The van der Waals surface area contributed by atoms with Gasteiger partial charge in [0.1, 0.15) is 5.75 Å². The largest absolute Gasteiger partial charge is 0.480 e. The number of amides is 2. The number of anilines is 2. The zero-order chi connectivity index (χ0) is 24.9. The highest BCUT2D eigenvalue weighted by atomic mass is 16.5. The van der Waals surface area contributed by atoms with Gasteiger partial charge in [-0.2, -0.15) is 0 Å². The van der Waals surface area contributed by atoms with Gasteiger partial charge >= 0.3 is 0 Å². The zero-order valence-electron chi connectivity index (χ0n) is 20.9. The number of hydrogen-bond acceptors (Lipinski definition) is 3. The molecule has 0 aliphatic heterocycles. The van der Waals surface area contributed by atoms with Crippen LogP contribution in [-0.4, -0.2) is 17.9 Å². The third-order valence-corrected chi connectivity index (χ3v) is 5.89. The first-order valence-electron chi connectivity index (χ1n) is 11.6. The summed E-state index contributed by atoms with van der Waals surface area (Å²) in [5.74, 6) is 0.277. The number of carbonyl (C=O) groups excluding carboxylic acids is 2. The monoisotopic (exact) mass is 458 g/mol. The molecule has 0 saturated carbocycles. The summed E-state index contributed by atoms with van der Waals surface area (Å²) in [4.78, 5) is 25.6. The lowest BCUT2D eigenvalue weighted by Gasteiger charge is -2.19. The predicted octanol–water partition coefficient (Wildman–Crippen LogP) is 6.65. The molecule has 5 heteroatoms. The highest BCUT2D eigenvalue weighted by Gasteiger charge is 2.20. The van der Waals surface area contributed by atoms with Crippen molar-refractivity contribution in [1.82, 2.24) is 0 Å². The molecule has 0 radical (unpaired) electrons. The van der Waals surface area contributed by atoms with Crippen LogP contribution >= 0.6 is 0 Å². The second-order valence-electron chi connectivity index (χ2n) is 9.56. The van der Waals surface area contributed by atoms with Crippen molar-refractivity contribution in [3.63, 3.8) is 0 Å². The fraction of sp³-hybridized carbons (Fsp3) is 0.310. The van der Waals surface area contributed by atoms with Gasteiger partial charge in [0.25, 0.3) is 11.8 Å². The van der Waals surface area contributed by atoms with Gasteiger partial charge in [-0.25, -0.2) is 0 Å². The maximum absolute atomic E-state index is 12.9. The molecule has 3 rings (SSSR count). The molecule has 5 nitrogen and oxygen atoms in total. The van der Waals surface area contributed by atoms with Crippen LogP contribution in [0, 0.1) is 13.8 Å². The van der Waals surface area contributed by atoms with Gasteiger partial charge in [0.15, 0.2) is 6.10 Å². The third kappa shape index (κ3) is 6.25. The van der Waals surface area contributed by atoms with Crippen molar-refractivity contribution in [2.45, 2.75) is 59.5 Å². The second kappa shape index (κ2) is 10.6. The van der Waals surface area contributed by atoms with Crippen LogP contribution in [0.3, 0.4) is 0 Å². The van der Waals surface area contributed by atoms with Crippen LogP contribution in [0.1, 0.15) is 61.2 Å². The van der Waals surface area contributed by atoms with Gasteiger partial charge in [0.05, 0.1) is 0 Å². The van der Waals surface area contributed by atoms with E-state index in [0.29, 0.717) is 29.1 Å². The Kier molecular flexibility index (Phi) is 7.77. The molecule has 1 atom stereocenters. The van der Waals surface area contributed by atoms with Crippen molar-refractivity contribution >= 4 is 23.2 Å². The average Bonchev–Trinajstić information content (AvgIpc) is 2.79. The van der Waals surface area contributed by atoms with Crippen molar-refractivity contribution in [2.75, 3.05) is 10.6 Å². The van der Waals surface area contributed by atoms with Crippen molar-refractivity contribution in [2.24, 2.45) is 0 Å². The van der Waals surface area contributed by atoms with E-state index in [2.05, 4.69) is 31.4 Å². The molecule has 34 heavy (non-hydrogen) atoms. The Balaban J connectivity index is 1.66. The molecule has 0 heterocycles. The maximum Gasteiger partial charge on any atom is 0.265 e. The number of nitrogens with one attached hydrogen (secondary N) is 2. The fourth-order valence-corrected chi connectivity index (χ4v) is 3.55. The summed E-state index contributed by atoms with van der Waals surface area (Å²) in [7, 11) is 0. The lowest BCUT2D eigenvalue weighted by molar-refractivity contribution is -0.122. The van der Waals surface area contributed by atoms with E-state index in [-0.39, 0.29) is 17.2 Å². The summed E-state index contributed by atoms with van der Waals surface area (Å²) in [5, 5.41) is 5.81. The van der Waals surface area contributed by atoms with Crippen LogP contribution in [0.15, 0.2) is 66.7 Å². The minimum absolute atomic E-state index is 0.0274. The van der Waals surface area contributed by atoms with Crippen LogP contribution in [0.5, 0.6) is 5.75 Å². The molecular weight excluding hydrogens is 424 g/mol. The molecule has 3 aromatic rings. The summed E-state index contributed by atoms with van der Waals surface area (Å²) in [6.07, 6.45) is -0.0969. The summed E-state index contributed by atoms with van der Waals surface area (Å²) in [6, 6.07) is 20.5. The van der Waals surface area contributed by atoms with Crippen LogP contribution in [0.2, 0.25) is 0 Å². The van der Waals surface area contributed by atoms with Gasteiger partial charge in [0.2, 0.25) is 0 Å². The third-order valence-electron chi connectivity index (χ3n) is 5.89. The standard InChI is InChI=1S/C29H34N2O3/c1-7-25(34-26-13-8-10-19(2)20(26)3)28(33)31-24-12-9-11-23(18-24)30-27(32)21-14-16-22(17-15-21)29(4,5)6/h8-18,25H,7H2,1-6H3,(H,30,32)(H,31,33)/t25-/m1/s1. The molecule has 0 aliphatic rings. The number of benzene rings is 3. The minimum atomic E-state index is -0.625. The molecule has 0 fully saturated rings. The fourth-order valence-electron chi connectivity index (χ4n) is 3.55. The highest BCUT2D eigenvalue weighted by molar-refractivity contribution is 6.04. The van der Waals surface area contributed by atoms with Crippen molar-refractivity contribution in [1.29, 1.82) is 0 Å². The van der Waals surface area contributed by atoms with E-state index in [1.807, 2.05) is 63.2 Å². The predicted molar refractivity (Wildman–Crippen MR) is 139 cm³/mol. The van der Waals surface area contributed by atoms with E-state index in [4.69, 9.17) is 4.74 Å². The molecule has 0 unspecified atom stereocenters. The van der Waals surface area contributed by atoms with Crippen LogP contribution in [0.4, 0.5) is 11.4 Å². The molecule has 2 N–H and O–H groups in total. The summed E-state index contributed by atoms with van der Waals surface area (Å²) < 4.78 is 6.01. The molecule has 178 valence electrons. The van der Waals surface area contributed by atoms with Crippen molar-refractivity contribution in [3.05, 3.63) is 89.0 Å². The van der Waals surface area contributed by atoms with Crippen LogP contribution < -0.4 is 15.4 Å². The van der Waals surface area contributed by atoms with E-state index >= 15 is 0 Å². The highest BCUT2D eigenvalue weighted by Crippen LogP contribution is 2.24. The van der Waals surface area contributed by atoms with E-state index < -0.39 is 6.10 Å². The average molecular weight is 459 g/mol. The first kappa shape index (κ1) is 25.0. The zero-order valence-corrected chi connectivity index (χ0v) is 20.9. The quantitative estimate of drug-likeness (QED) is 0.416. The number of rotatable bonds is 7. The molecule has 0 aliphatic carbocycles. The first-order valence-corrected chi connectivity index (χ1v) is 11.6. The Morgan fingerprint density at radius 1 is 0.882 bits per heavy atom. The van der Waals surface area contributed by atoms with Crippen LogP contribution in [0.25, 0.3) is 0 Å². The Morgan fingerprint density at radius 3 is 2.12 bits per heavy atom. The van der Waals surface area contributed by atoms with Gasteiger partial charge in [-0.05, 0) is 78.8 Å². The number of aryl methyl sites for hydroxylation is 1. The minimum Gasteiger partial charge on any atom is -0.480 e. The lowest BCUT2D eigenvalue weighted by Crippen LogP contribution is -2.32. The summed E-state index contributed by atoms with van der Waals surface area (Å²) in [6.45, 7) is 12.3. The molecule has 2 amide bonds. The van der Waals surface area contributed by atoms with Crippen LogP contribution in [-0.2, 0) is 10.2 Å². The molecular formula is C29H34N2O3. The normalized spacial score (nSPS) is 12.1. The maximum atomic E-state index is 12.9. The van der Waals surface area contributed by atoms with Gasteiger partial charge in [-0.15, -0.1) is 0 Å². The van der Waals surface area contributed by atoms with E-state index in [9.17, 15) is 9.59 Å². The summed E-state index contributed by atoms with van der Waals surface area (Å²) in [5.41, 5.74) is 5.11. The van der Waals surface area contributed by atoms with Gasteiger partial charge in [0, 0.05) is 16.9 Å². The van der Waals surface area contributed by atoms with Gasteiger partial charge < -0.3 is 15.4 Å². The molecule has 3 aromatic carbocycles. The van der Waals surface area contributed by atoms with Crippen molar-refractivity contribution in [3.8, 4) is 5.75 Å². The Bertz CT molecular complexity index is 1160. The smallest absolute Gasteiger partial charge is 0.265 e. The Labute approximate surface area is 202 Å². The Morgan fingerprint density at radius 2 is 1.50 bits per heavy atom. The second-order valence-corrected chi connectivity index (χ2v) is 9.56. The molecule has 0 bridgehead atoms. The van der Waals surface area contributed by atoms with E-state index in [0.717, 1.165) is 11.1 Å². The van der Waals surface area contributed by atoms with Crippen molar-refractivity contribution < 1.29 is 14.3 Å². The van der Waals surface area contributed by atoms with E-state index in [1.54, 1.807) is 24.3 Å². The van der Waals surface area contributed by atoms with Gasteiger partial charge in [-0.1, -0.05) is 58.0 Å². The molecule has 0 aromatic heterocycles. The van der Waals surface area contributed by atoms with Gasteiger partial charge in [-0.3, -0.25) is 9.59 Å². The SMILES string of the molecule is CC[C@@H](Oc1cccc(C)c1C)C(=O)Nc1cccc(NC(=O)c2ccc(C(C)(C)C)cc2)c1. The number of carbonyl (C=O) groups is 2. The Hall–Kier alpha value is -3.60. The molecule has 0 saturated heterocycles. The topological polar surface area (TPSA) is 67.4 Å².